The van der Waals surface area contributed by atoms with E-state index in [9.17, 15) is 0 Å². The van der Waals surface area contributed by atoms with Crippen molar-refractivity contribution < 1.29 is 4.74 Å². The van der Waals surface area contributed by atoms with Crippen LogP contribution in [-0.4, -0.2) is 6.61 Å². The van der Waals surface area contributed by atoms with Crippen LogP contribution >= 0.6 is 0 Å². The van der Waals surface area contributed by atoms with Gasteiger partial charge in [-0.25, -0.2) is 0 Å². The second-order valence-corrected chi connectivity index (χ2v) is 4.66. The molecule has 0 saturated heterocycles. The van der Waals surface area contributed by atoms with Crippen LogP contribution in [0.3, 0.4) is 0 Å². The second kappa shape index (κ2) is 1.77. The number of rotatable bonds is 0. The smallest absolute Gasteiger partial charge is 0.123 e. The first-order valence-corrected chi connectivity index (χ1v) is 5.15. The summed E-state index contributed by atoms with van der Waals surface area (Å²) in [7, 11) is 0. The normalized spacial score (nSPS) is 37.7. The van der Waals surface area contributed by atoms with Gasteiger partial charge < -0.3 is 4.74 Å². The monoisotopic (exact) mass is 172 g/mol. The van der Waals surface area contributed by atoms with Crippen LogP contribution in [0, 0.1) is 5.92 Å². The highest BCUT2D eigenvalue weighted by Gasteiger charge is 2.61. The highest BCUT2D eigenvalue weighted by Crippen LogP contribution is 2.65. The van der Waals surface area contributed by atoms with Crippen molar-refractivity contribution in [2.24, 2.45) is 5.92 Å². The molecule has 1 fully saturated rings. The third-order valence-electron chi connectivity index (χ3n) is 4.12. The number of benzene rings is 1. The van der Waals surface area contributed by atoms with Gasteiger partial charge in [0.2, 0.25) is 0 Å². The molecule has 0 radical (unpaired) electrons. The maximum absolute atomic E-state index is 5.76. The molecule has 66 valence electrons. The molecule has 1 heterocycles. The fourth-order valence-corrected chi connectivity index (χ4v) is 3.35. The van der Waals surface area contributed by atoms with Crippen LogP contribution in [0.15, 0.2) is 18.2 Å². The third kappa shape index (κ3) is 0.589. The molecule has 2 unspecified atom stereocenters. The van der Waals surface area contributed by atoms with Crippen LogP contribution in [0.4, 0.5) is 0 Å². The summed E-state index contributed by atoms with van der Waals surface area (Å²) in [4.78, 5) is 0. The molecule has 13 heavy (non-hydrogen) atoms. The van der Waals surface area contributed by atoms with E-state index in [-0.39, 0.29) is 0 Å². The lowest BCUT2D eigenvalue weighted by molar-refractivity contribution is 0.260. The summed E-state index contributed by atoms with van der Waals surface area (Å²) < 4.78 is 5.76. The Bertz CT molecular complexity index is 396. The molecule has 4 rings (SSSR count). The molecule has 2 aliphatic carbocycles. The molecule has 1 aromatic carbocycles. The Morgan fingerprint density at radius 1 is 1.38 bits per heavy atom. The largest absolute Gasteiger partial charge is 0.493 e. The minimum absolute atomic E-state index is 0.587. The van der Waals surface area contributed by atoms with Gasteiger partial charge >= 0.3 is 0 Å². The third-order valence-corrected chi connectivity index (χ3v) is 4.12. The lowest BCUT2D eigenvalue weighted by atomic mass is 9.93. The molecule has 0 N–H and O–H groups in total. The molecule has 2 atom stereocenters. The maximum Gasteiger partial charge on any atom is 0.123 e. The standard InChI is InChI=1S/C12H12O/c1-2-8-4-5-12-6-9(12)7-13-10(3-1)11(8)12/h1-3,9H,4-7H2. The van der Waals surface area contributed by atoms with Gasteiger partial charge in [0.1, 0.15) is 5.75 Å². The summed E-state index contributed by atoms with van der Waals surface area (Å²) in [6, 6.07) is 6.55. The van der Waals surface area contributed by atoms with E-state index in [2.05, 4.69) is 18.2 Å². The van der Waals surface area contributed by atoms with Gasteiger partial charge in [-0.2, -0.15) is 0 Å². The second-order valence-electron chi connectivity index (χ2n) is 4.66. The van der Waals surface area contributed by atoms with Crippen LogP contribution < -0.4 is 4.74 Å². The summed E-state index contributed by atoms with van der Waals surface area (Å²) in [5.41, 5.74) is 3.72. The summed E-state index contributed by atoms with van der Waals surface area (Å²) >= 11 is 0. The van der Waals surface area contributed by atoms with E-state index in [1.54, 1.807) is 11.1 Å². The fourth-order valence-electron chi connectivity index (χ4n) is 3.35. The summed E-state index contributed by atoms with van der Waals surface area (Å²) in [6.45, 7) is 0.969. The molecule has 0 aromatic heterocycles. The van der Waals surface area contributed by atoms with Crippen LogP contribution in [0.5, 0.6) is 5.75 Å². The number of hydrogen-bond acceptors (Lipinski definition) is 1. The van der Waals surface area contributed by atoms with E-state index in [1.165, 1.54) is 25.0 Å². The van der Waals surface area contributed by atoms with Crippen molar-refractivity contribution in [1.29, 1.82) is 0 Å². The van der Waals surface area contributed by atoms with Gasteiger partial charge in [-0.15, -0.1) is 0 Å². The lowest BCUT2D eigenvalue weighted by Crippen LogP contribution is -2.18. The van der Waals surface area contributed by atoms with Gasteiger partial charge in [0.25, 0.3) is 0 Å². The van der Waals surface area contributed by atoms with Crippen molar-refractivity contribution in [3.63, 3.8) is 0 Å². The Morgan fingerprint density at radius 2 is 2.38 bits per heavy atom. The average molecular weight is 172 g/mol. The molecule has 1 spiro atoms. The fraction of sp³-hybridized carbons (Fsp3) is 0.500. The predicted molar refractivity (Wildman–Crippen MR) is 50.0 cm³/mol. The molecule has 1 saturated carbocycles. The van der Waals surface area contributed by atoms with Crippen molar-refractivity contribution in [3.05, 3.63) is 29.3 Å². The molecule has 1 heteroatoms. The maximum atomic E-state index is 5.76. The van der Waals surface area contributed by atoms with Crippen molar-refractivity contribution in [2.45, 2.75) is 24.7 Å². The highest BCUT2D eigenvalue weighted by atomic mass is 16.5. The quantitative estimate of drug-likeness (QED) is 0.583. The molecular formula is C12H12O. The molecule has 1 nitrogen and oxygen atoms in total. The number of hydrogen-bond donors (Lipinski definition) is 0. The van der Waals surface area contributed by atoms with Gasteiger partial charge in [-0.05, 0) is 30.9 Å². The lowest BCUT2D eigenvalue weighted by Gasteiger charge is -2.22. The number of aryl methyl sites for hydroxylation is 1. The molecule has 1 aliphatic heterocycles. The highest BCUT2D eigenvalue weighted by molar-refractivity contribution is 5.55. The summed E-state index contributed by atoms with van der Waals surface area (Å²) in [5, 5.41) is 0. The first-order valence-electron chi connectivity index (χ1n) is 5.15. The first-order chi connectivity index (χ1) is 6.40. The zero-order valence-corrected chi connectivity index (χ0v) is 7.55. The minimum Gasteiger partial charge on any atom is -0.493 e. The van der Waals surface area contributed by atoms with Crippen LogP contribution in [0.25, 0.3) is 0 Å². The van der Waals surface area contributed by atoms with Crippen molar-refractivity contribution in [3.8, 4) is 5.75 Å². The van der Waals surface area contributed by atoms with Crippen LogP contribution in [0.1, 0.15) is 24.0 Å². The van der Waals surface area contributed by atoms with Crippen molar-refractivity contribution in [2.75, 3.05) is 6.61 Å². The Labute approximate surface area is 77.7 Å². The molecule has 0 amide bonds. The molecule has 1 aromatic rings. The van der Waals surface area contributed by atoms with E-state index < -0.39 is 0 Å². The molecule has 0 bridgehead atoms. The van der Waals surface area contributed by atoms with Gasteiger partial charge in [-0.1, -0.05) is 12.1 Å². The zero-order chi connectivity index (χ0) is 8.47. The average Bonchev–Trinajstić information content (AvgIpc) is 2.77. The Hall–Kier alpha value is -0.980. The van der Waals surface area contributed by atoms with E-state index in [0.29, 0.717) is 5.41 Å². The van der Waals surface area contributed by atoms with E-state index in [4.69, 9.17) is 4.74 Å². The topological polar surface area (TPSA) is 9.23 Å². The SMILES string of the molecule is c1cc2c3c(c1)OCC1CC31CC2. The summed E-state index contributed by atoms with van der Waals surface area (Å²) in [5.74, 6) is 2.03. The van der Waals surface area contributed by atoms with Crippen LogP contribution in [0.2, 0.25) is 0 Å². The summed E-state index contributed by atoms with van der Waals surface area (Å²) in [6.07, 6.45) is 4.05. The van der Waals surface area contributed by atoms with E-state index in [1.807, 2.05) is 0 Å². The minimum atomic E-state index is 0.587. The van der Waals surface area contributed by atoms with E-state index >= 15 is 0 Å². The molecule has 3 aliphatic rings. The predicted octanol–water partition coefficient (Wildman–Crippen LogP) is 2.28. The Kier molecular flexibility index (Phi) is 0.880. The van der Waals surface area contributed by atoms with Gasteiger partial charge in [0.15, 0.2) is 0 Å². The van der Waals surface area contributed by atoms with Gasteiger partial charge in [0.05, 0.1) is 6.61 Å². The Balaban J connectivity index is 2.07. The zero-order valence-electron chi connectivity index (χ0n) is 7.55. The molecular weight excluding hydrogens is 160 g/mol. The number of ether oxygens (including phenoxy) is 1. The van der Waals surface area contributed by atoms with Gasteiger partial charge in [0, 0.05) is 16.9 Å². The first kappa shape index (κ1) is 6.47. The van der Waals surface area contributed by atoms with E-state index in [0.717, 1.165) is 12.5 Å². The van der Waals surface area contributed by atoms with Gasteiger partial charge in [-0.3, -0.25) is 0 Å². The van der Waals surface area contributed by atoms with Crippen molar-refractivity contribution in [1.82, 2.24) is 0 Å². The van der Waals surface area contributed by atoms with Crippen LogP contribution in [-0.2, 0) is 11.8 Å². The van der Waals surface area contributed by atoms with Crippen molar-refractivity contribution >= 4 is 0 Å². The Morgan fingerprint density at radius 3 is 3.38 bits per heavy atom.